The molecule has 4 fully saturated rings. The van der Waals surface area contributed by atoms with Crippen LogP contribution in [0.25, 0.3) is 11.0 Å². The second-order valence-corrected chi connectivity index (χ2v) is 12.6. The molecule has 4 amide bonds. The van der Waals surface area contributed by atoms with Crippen molar-refractivity contribution < 1.29 is 19.1 Å². The third-order valence-corrected chi connectivity index (χ3v) is 8.53. The summed E-state index contributed by atoms with van der Waals surface area (Å²) in [5.41, 5.74) is 2.58. The molecular weight excluding hydrogens is 496 g/mol. The number of anilines is 1. The fourth-order valence-corrected chi connectivity index (χ4v) is 6.38. The van der Waals surface area contributed by atoms with Gasteiger partial charge in [0.15, 0.2) is 0 Å². The van der Waals surface area contributed by atoms with Crippen LogP contribution in [0.3, 0.4) is 0 Å². The summed E-state index contributed by atoms with van der Waals surface area (Å²) in [5.74, 6) is 0.330. The highest BCUT2D eigenvalue weighted by Crippen LogP contribution is 2.45. The molecule has 0 spiro atoms. The van der Waals surface area contributed by atoms with Crippen LogP contribution in [0.5, 0.6) is 0 Å². The van der Waals surface area contributed by atoms with Gasteiger partial charge in [-0.3, -0.25) is 19.9 Å². The van der Waals surface area contributed by atoms with Gasteiger partial charge in [-0.05, 0) is 76.8 Å². The summed E-state index contributed by atoms with van der Waals surface area (Å²) in [7, 11) is 0. The molecule has 1 atom stereocenters. The minimum atomic E-state index is -0.477. The quantitative estimate of drug-likeness (QED) is 0.622. The molecule has 210 valence electrons. The third-order valence-electron chi connectivity index (χ3n) is 8.53. The molecule has 0 radical (unpaired) electrons. The van der Waals surface area contributed by atoms with Crippen LogP contribution in [-0.4, -0.2) is 81.7 Å². The van der Waals surface area contributed by atoms with E-state index in [1.165, 1.54) is 18.4 Å². The number of imide groups is 1. The van der Waals surface area contributed by atoms with Crippen molar-refractivity contribution in [3.63, 3.8) is 0 Å². The Morgan fingerprint density at radius 3 is 2.49 bits per heavy atom. The predicted octanol–water partition coefficient (Wildman–Crippen LogP) is 4.40. The van der Waals surface area contributed by atoms with Crippen molar-refractivity contribution in [2.45, 2.75) is 89.3 Å². The number of nitrogens with one attached hydrogen (secondary N) is 1. The summed E-state index contributed by atoms with van der Waals surface area (Å²) < 4.78 is 8.00. The van der Waals surface area contributed by atoms with Crippen LogP contribution >= 0.6 is 0 Å². The molecule has 0 unspecified atom stereocenters. The number of pyridine rings is 1. The Bertz CT molecular complexity index is 1270. The van der Waals surface area contributed by atoms with Gasteiger partial charge < -0.3 is 14.2 Å². The standard InChI is InChI=1S/C29H40N6O4/c1-29(2,3)39-28(38)33-11-4-5-21(17-33)32-12-8-20(9-13-32)35-18-24(19-6-7-19)23-15-22(16-30-26(23)35)34-14-10-25(36)31-27(34)37/h15-16,18-21H,4-14,17H2,1-3H3,(H,31,36,37)/t21-/m1/s1. The van der Waals surface area contributed by atoms with Crippen LogP contribution in [0.4, 0.5) is 15.3 Å². The summed E-state index contributed by atoms with van der Waals surface area (Å²) in [4.78, 5) is 47.6. The van der Waals surface area contributed by atoms with E-state index in [0.29, 0.717) is 31.0 Å². The van der Waals surface area contributed by atoms with E-state index in [1.807, 2.05) is 25.7 Å². The smallest absolute Gasteiger partial charge is 0.410 e. The van der Waals surface area contributed by atoms with E-state index >= 15 is 0 Å². The highest BCUT2D eigenvalue weighted by Gasteiger charge is 2.35. The van der Waals surface area contributed by atoms with E-state index in [2.05, 4.69) is 27.0 Å². The number of aromatic nitrogens is 2. The van der Waals surface area contributed by atoms with Crippen LogP contribution in [0, 0.1) is 0 Å². The third kappa shape index (κ3) is 5.48. The van der Waals surface area contributed by atoms with Crippen LogP contribution in [0.15, 0.2) is 18.5 Å². The molecule has 3 saturated heterocycles. The lowest BCUT2D eigenvalue weighted by molar-refractivity contribution is -0.120. The fourth-order valence-electron chi connectivity index (χ4n) is 6.38. The molecule has 10 heteroatoms. The molecule has 0 aromatic carbocycles. The number of hydrogen-bond donors (Lipinski definition) is 1. The Hall–Kier alpha value is -3.14. The molecule has 10 nitrogen and oxygen atoms in total. The van der Waals surface area contributed by atoms with Gasteiger partial charge in [-0.2, -0.15) is 0 Å². The Morgan fingerprint density at radius 1 is 1.03 bits per heavy atom. The maximum absolute atomic E-state index is 12.7. The zero-order valence-corrected chi connectivity index (χ0v) is 23.3. The summed E-state index contributed by atoms with van der Waals surface area (Å²) in [6.45, 7) is 9.62. The fraction of sp³-hybridized carbons (Fsp3) is 0.655. The number of hydrogen-bond acceptors (Lipinski definition) is 6. The van der Waals surface area contributed by atoms with E-state index in [-0.39, 0.29) is 18.0 Å². The van der Waals surface area contributed by atoms with Crippen molar-refractivity contribution in [1.29, 1.82) is 0 Å². The number of rotatable bonds is 4. The van der Waals surface area contributed by atoms with Crippen molar-refractivity contribution in [2.75, 3.05) is 37.6 Å². The predicted molar refractivity (Wildman–Crippen MR) is 148 cm³/mol. The lowest BCUT2D eigenvalue weighted by Crippen LogP contribution is -2.52. The zero-order chi connectivity index (χ0) is 27.3. The van der Waals surface area contributed by atoms with Gasteiger partial charge in [0.1, 0.15) is 11.2 Å². The van der Waals surface area contributed by atoms with Crippen molar-refractivity contribution in [3.05, 3.63) is 24.0 Å². The Kier molecular flexibility index (Phi) is 6.77. The molecule has 6 rings (SSSR count). The monoisotopic (exact) mass is 536 g/mol. The number of amides is 4. The van der Waals surface area contributed by atoms with Crippen molar-refractivity contribution in [2.24, 2.45) is 0 Å². The summed E-state index contributed by atoms with van der Waals surface area (Å²) in [5, 5.41) is 3.54. The summed E-state index contributed by atoms with van der Waals surface area (Å²) >= 11 is 0. The molecular formula is C29H40N6O4. The van der Waals surface area contributed by atoms with Gasteiger partial charge in [0.25, 0.3) is 0 Å². The molecule has 3 aliphatic heterocycles. The van der Waals surface area contributed by atoms with E-state index in [1.54, 1.807) is 11.1 Å². The molecule has 2 aromatic rings. The maximum Gasteiger partial charge on any atom is 0.410 e. The molecule has 4 aliphatic rings. The first-order chi connectivity index (χ1) is 18.7. The van der Waals surface area contributed by atoms with Crippen molar-refractivity contribution in [3.8, 4) is 0 Å². The highest BCUT2D eigenvalue weighted by molar-refractivity contribution is 6.06. The number of carbonyl (C=O) groups excluding carboxylic acids is 3. The number of nitrogens with zero attached hydrogens (tertiary/aromatic N) is 5. The number of likely N-dealkylation sites (tertiary alicyclic amines) is 2. The molecule has 1 aliphatic carbocycles. The Morgan fingerprint density at radius 2 is 1.79 bits per heavy atom. The highest BCUT2D eigenvalue weighted by atomic mass is 16.6. The number of piperidine rings is 2. The second-order valence-electron chi connectivity index (χ2n) is 12.6. The Balaban J connectivity index is 1.15. The molecule has 2 aromatic heterocycles. The van der Waals surface area contributed by atoms with Crippen LogP contribution in [0.1, 0.15) is 83.2 Å². The van der Waals surface area contributed by atoms with Gasteiger partial charge in [0.2, 0.25) is 5.91 Å². The average molecular weight is 537 g/mol. The second kappa shape index (κ2) is 10.1. The topological polar surface area (TPSA) is 100 Å². The number of ether oxygens (including phenoxy) is 1. The first kappa shape index (κ1) is 26.1. The van der Waals surface area contributed by atoms with E-state index in [0.717, 1.165) is 68.6 Å². The average Bonchev–Trinajstić information content (AvgIpc) is 3.68. The van der Waals surface area contributed by atoms with Gasteiger partial charge in [-0.15, -0.1) is 0 Å². The number of fused-ring (bicyclic) bond motifs is 1. The summed E-state index contributed by atoms with van der Waals surface area (Å²) in [6, 6.07) is 2.46. The SMILES string of the molecule is CC(C)(C)OC(=O)N1CCC[C@@H](N2CCC(n3cc(C4CC4)c4cc(N5CCC(=O)NC5=O)cnc43)CC2)C1. The lowest BCUT2D eigenvalue weighted by Gasteiger charge is -2.42. The first-order valence-corrected chi connectivity index (χ1v) is 14.5. The first-order valence-electron chi connectivity index (χ1n) is 14.5. The maximum atomic E-state index is 12.7. The Labute approximate surface area is 229 Å². The molecule has 39 heavy (non-hydrogen) atoms. The van der Waals surface area contributed by atoms with Gasteiger partial charge in [0.05, 0.1) is 11.9 Å². The minimum Gasteiger partial charge on any atom is -0.444 e. The van der Waals surface area contributed by atoms with E-state index in [4.69, 9.17) is 9.72 Å². The van der Waals surface area contributed by atoms with E-state index < -0.39 is 5.60 Å². The van der Waals surface area contributed by atoms with Crippen LogP contribution < -0.4 is 10.2 Å². The van der Waals surface area contributed by atoms with Crippen LogP contribution in [-0.2, 0) is 9.53 Å². The van der Waals surface area contributed by atoms with Crippen molar-refractivity contribution in [1.82, 2.24) is 24.7 Å². The van der Waals surface area contributed by atoms with Gasteiger partial charge in [0, 0.05) is 62.8 Å². The van der Waals surface area contributed by atoms with Gasteiger partial charge >= 0.3 is 12.1 Å². The van der Waals surface area contributed by atoms with Crippen molar-refractivity contribution >= 4 is 34.8 Å². The summed E-state index contributed by atoms with van der Waals surface area (Å²) in [6.07, 6.45) is 10.8. The molecule has 0 bridgehead atoms. The number of urea groups is 1. The largest absolute Gasteiger partial charge is 0.444 e. The number of carbonyl (C=O) groups is 3. The molecule has 1 saturated carbocycles. The zero-order valence-electron chi connectivity index (χ0n) is 23.3. The van der Waals surface area contributed by atoms with Gasteiger partial charge in [-0.1, -0.05) is 0 Å². The minimum absolute atomic E-state index is 0.201. The van der Waals surface area contributed by atoms with Crippen LogP contribution in [0.2, 0.25) is 0 Å². The normalized spacial score (nSPS) is 23.8. The lowest BCUT2D eigenvalue weighted by atomic mass is 9.98. The molecule has 1 N–H and O–H groups in total. The van der Waals surface area contributed by atoms with Gasteiger partial charge in [-0.25, -0.2) is 14.6 Å². The molecule has 5 heterocycles. The van der Waals surface area contributed by atoms with E-state index in [9.17, 15) is 14.4 Å².